The Morgan fingerprint density at radius 1 is 1.05 bits per heavy atom. The minimum atomic E-state index is -0.159. The van der Waals surface area contributed by atoms with Crippen molar-refractivity contribution in [3.63, 3.8) is 0 Å². The van der Waals surface area contributed by atoms with Crippen molar-refractivity contribution in [1.82, 2.24) is 25.1 Å². The molecule has 1 aliphatic heterocycles. The van der Waals surface area contributed by atoms with Crippen LogP contribution in [0.25, 0.3) is 11.3 Å². The second-order valence-corrected chi connectivity index (χ2v) is 11.5. The van der Waals surface area contributed by atoms with Crippen LogP contribution in [0.5, 0.6) is 0 Å². The number of hydrogen-bond donors (Lipinski definition) is 2. The van der Waals surface area contributed by atoms with E-state index in [1.165, 1.54) is 61.6 Å². The summed E-state index contributed by atoms with van der Waals surface area (Å²) in [6.45, 7) is 2.89. The highest BCUT2D eigenvalue weighted by Gasteiger charge is 2.40. The molecule has 7 nitrogen and oxygen atoms in total. The summed E-state index contributed by atoms with van der Waals surface area (Å²) in [6, 6.07) is 18.8. The number of nitrogens with zero attached hydrogens (tertiary/aromatic N) is 3. The highest BCUT2D eigenvalue weighted by molar-refractivity contribution is 5.57. The summed E-state index contributed by atoms with van der Waals surface area (Å²) in [5.74, 6) is -0.159. The van der Waals surface area contributed by atoms with Crippen molar-refractivity contribution in [2.75, 3.05) is 26.7 Å². The van der Waals surface area contributed by atoms with Gasteiger partial charge in [-0.05, 0) is 75.2 Å². The highest BCUT2D eigenvalue weighted by Crippen LogP contribution is 2.46. The molecule has 1 saturated heterocycles. The third-order valence-electron chi connectivity index (χ3n) is 8.71. The first-order chi connectivity index (χ1) is 19.9. The van der Waals surface area contributed by atoms with Gasteiger partial charge in [0, 0.05) is 43.9 Å². The lowest BCUT2D eigenvalue weighted by Gasteiger charge is -2.45. The lowest BCUT2D eigenvalue weighted by molar-refractivity contribution is -0.109. The number of aryl methyl sites for hydroxylation is 1. The average molecular weight is 562 g/mol. The number of rotatable bonds is 10. The van der Waals surface area contributed by atoms with Gasteiger partial charge < -0.3 is 15.2 Å². The number of carbonyl (C=O) groups is 1. The summed E-state index contributed by atoms with van der Waals surface area (Å²) in [5, 5.41) is 6.16. The standard InChI is InChI=1S/C22H34FN3O.C11H10N2O/c1-24-20(8-12-25-17-27)15-21(18-6-4-7-19(23)14-18)26-13-5-11-22(16-26)9-2-3-10-22;1-13-8-12-10(7-11(13)14)9-5-3-2-4-6-9/h4,6-7,14,17,20-21,24H,2-3,5,8-13,15-16H2,1H3,(H,25,27);2-8H,1H3. The van der Waals surface area contributed by atoms with Crippen molar-refractivity contribution in [2.45, 2.75) is 63.5 Å². The molecular weight excluding hydrogens is 517 g/mol. The number of likely N-dealkylation sites (tertiary alicyclic amines) is 1. The smallest absolute Gasteiger partial charge is 0.253 e. The Kier molecular flexibility index (Phi) is 11.2. The molecule has 0 radical (unpaired) electrons. The summed E-state index contributed by atoms with van der Waals surface area (Å²) in [6.07, 6.45) is 12.1. The summed E-state index contributed by atoms with van der Waals surface area (Å²) in [5.41, 5.74) is 3.20. The van der Waals surface area contributed by atoms with Crippen molar-refractivity contribution in [1.29, 1.82) is 0 Å². The molecule has 2 atom stereocenters. The number of hydrogen-bond acceptors (Lipinski definition) is 5. The molecule has 3 aromatic rings. The van der Waals surface area contributed by atoms with E-state index in [9.17, 15) is 14.0 Å². The molecular formula is C33H44FN5O2. The van der Waals surface area contributed by atoms with E-state index in [0.717, 1.165) is 43.5 Å². The fraction of sp³-hybridized carbons (Fsp3) is 0.485. The fourth-order valence-electron chi connectivity index (χ4n) is 6.45. The highest BCUT2D eigenvalue weighted by atomic mass is 19.1. The Morgan fingerprint density at radius 3 is 2.49 bits per heavy atom. The van der Waals surface area contributed by atoms with E-state index in [2.05, 4.69) is 26.6 Å². The molecule has 2 aromatic carbocycles. The van der Waals surface area contributed by atoms with Gasteiger partial charge in [0.2, 0.25) is 6.41 Å². The molecule has 1 spiro atoms. The Hall–Kier alpha value is -3.36. The van der Waals surface area contributed by atoms with Crippen molar-refractivity contribution >= 4 is 6.41 Å². The van der Waals surface area contributed by atoms with Gasteiger partial charge in [-0.2, -0.15) is 0 Å². The van der Waals surface area contributed by atoms with E-state index in [4.69, 9.17) is 0 Å². The quantitative estimate of drug-likeness (QED) is 0.267. The number of benzene rings is 2. The zero-order valence-electron chi connectivity index (χ0n) is 24.4. The Morgan fingerprint density at radius 2 is 1.80 bits per heavy atom. The fourth-order valence-corrected chi connectivity index (χ4v) is 6.45. The maximum Gasteiger partial charge on any atom is 0.253 e. The molecule has 8 heteroatoms. The number of aromatic nitrogens is 2. The zero-order chi connectivity index (χ0) is 29.1. The summed E-state index contributed by atoms with van der Waals surface area (Å²) >= 11 is 0. The predicted octanol–water partition coefficient (Wildman–Crippen LogP) is 5.08. The molecule has 220 valence electrons. The van der Waals surface area contributed by atoms with Gasteiger partial charge in [0.15, 0.2) is 0 Å². The van der Waals surface area contributed by atoms with Crippen molar-refractivity contribution in [3.8, 4) is 11.3 Å². The van der Waals surface area contributed by atoms with Crippen LogP contribution in [0.3, 0.4) is 0 Å². The Bertz CT molecular complexity index is 1290. The third-order valence-corrected chi connectivity index (χ3v) is 8.71. The lowest BCUT2D eigenvalue weighted by atomic mass is 9.77. The molecule has 1 saturated carbocycles. The van der Waals surface area contributed by atoms with E-state index in [1.807, 2.05) is 43.4 Å². The molecule has 2 unspecified atom stereocenters. The van der Waals surface area contributed by atoms with E-state index in [1.54, 1.807) is 13.1 Å². The minimum Gasteiger partial charge on any atom is -0.359 e. The van der Waals surface area contributed by atoms with Gasteiger partial charge in [0.05, 0.1) is 12.0 Å². The van der Waals surface area contributed by atoms with Crippen LogP contribution < -0.4 is 16.2 Å². The number of carbonyl (C=O) groups excluding carboxylic acids is 1. The Labute approximate surface area is 243 Å². The van der Waals surface area contributed by atoms with Crippen LogP contribution in [-0.2, 0) is 11.8 Å². The predicted molar refractivity (Wildman–Crippen MR) is 162 cm³/mol. The second-order valence-electron chi connectivity index (χ2n) is 11.5. The summed E-state index contributed by atoms with van der Waals surface area (Å²) < 4.78 is 15.4. The molecule has 0 bridgehead atoms. The number of nitrogens with one attached hydrogen (secondary N) is 2. The SMILES string of the molecule is CNC(CCNC=O)CC(c1cccc(F)c1)N1CCCC2(CCCC2)C1.Cn1cnc(-c2ccccc2)cc1=O. The van der Waals surface area contributed by atoms with E-state index < -0.39 is 0 Å². The van der Waals surface area contributed by atoms with Gasteiger partial charge in [-0.25, -0.2) is 9.37 Å². The number of piperidine rings is 1. The monoisotopic (exact) mass is 561 g/mol. The van der Waals surface area contributed by atoms with Gasteiger partial charge in [-0.15, -0.1) is 0 Å². The maximum atomic E-state index is 14.0. The largest absolute Gasteiger partial charge is 0.359 e. The number of amides is 1. The molecule has 2 N–H and O–H groups in total. The van der Waals surface area contributed by atoms with Crippen molar-refractivity contribution < 1.29 is 9.18 Å². The lowest BCUT2D eigenvalue weighted by Crippen LogP contribution is -2.45. The minimum absolute atomic E-state index is 0.0427. The van der Waals surface area contributed by atoms with Crippen LogP contribution in [0.2, 0.25) is 0 Å². The van der Waals surface area contributed by atoms with Crippen molar-refractivity contribution in [3.05, 3.63) is 88.7 Å². The third kappa shape index (κ3) is 8.57. The summed E-state index contributed by atoms with van der Waals surface area (Å²) in [4.78, 5) is 28.7. The van der Waals surface area contributed by atoms with Crippen LogP contribution in [0.15, 0.2) is 71.8 Å². The molecule has 2 heterocycles. The first kappa shape index (κ1) is 30.6. The van der Waals surface area contributed by atoms with Gasteiger partial charge in [-0.3, -0.25) is 14.5 Å². The molecule has 2 aliphatic rings. The molecule has 1 amide bonds. The average Bonchev–Trinajstić information content (AvgIpc) is 3.44. The van der Waals surface area contributed by atoms with Gasteiger partial charge in [0.25, 0.3) is 5.56 Å². The van der Waals surface area contributed by atoms with Crippen molar-refractivity contribution in [2.24, 2.45) is 12.5 Å². The van der Waals surface area contributed by atoms with Crippen LogP contribution in [0.4, 0.5) is 4.39 Å². The molecule has 2 fully saturated rings. The molecule has 1 aliphatic carbocycles. The second kappa shape index (κ2) is 15.0. The normalized spacial score (nSPS) is 17.8. The topological polar surface area (TPSA) is 79.3 Å². The van der Waals surface area contributed by atoms with Crippen LogP contribution in [-0.4, -0.2) is 53.6 Å². The first-order valence-corrected chi connectivity index (χ1v) is 14.8. The Balaban J connectivity index is 0.000000231. The van der Waals surface area contributed by atoms with Crippen LogP contribution in [0, 0.1) is 11.2 Å². The van der Waals surface area contributed by atoms with Gasteiger partial charge >= 0.3 is 0 Å². The van der Waals surface area contributed by atoms with E-state index >= 15 is 0 Å². The van der Waals surface area contributed by atoms with E-state index in [0.29, 0.717) is 17.7 Å². The van der Waals surface area contributed by atoms with Crippen LogP contribution >= 0.6 is 0 Å². The van der Waals surface area contributed by atoms with Crippen LogP contribution in [0.1, 0.15) is 63.0 Å². The molecule has 5 rings (SSSR count). The molecule has 1 aromatic heterocycles. The summed E-state index contributed by atoms with van der Waals surface area (Å²) in [7, 11) is 3.66. The molecule has 41 heavy (non-hydrogen) atoms. The first-order valence-electron chi connectivity index (χ1n) is 14.8. The van der Waals surface area contributed by atoms with Gasteiger partial charge in [-0.1, -0.05) is 55.3 Å². The zero-order valence-corrected chi connectivity index (χ0v) is 24.4. The van der Waals surface area contributed by atoms with E-state index in [-0.39, 0.29) is 23.5 Å². The maximum absolute atomic E-state index is 14.0. The number of halogens is 1. The van der Waals surface area contributed by atoms with Gasteiger partial charge in [0.1, 0.15) is 5.82 Å².